The van der Waals surface area contributed by atoms with Gasteiger partial charge in [0.15, 0.2) is 0 Å². The van der Waals surface area contributed by atoms with Gasteiger partial charge in [-0.25, -0.2) is 0 Å². The van der Waals surface area contributed by atoms with Crippen molar-refractivity contribution in [1.29, 1.82) is 0 Å². The molecule has 0 atom stereocenters. The summed E-state index contributed by atoms with van der Waals surface area (Å²) in [6, 6.07) is 8.18. The smallest absolute Gasteiger partial charge is 0.310 e. The van der Waals surface area contributed by atoms with E-state index in [4.69, 9.17) is 4.74 Å². The average Bonchev–Trinajstić information content (AvgIpc) is 2.98. The molecule has 0 bridgehead atoms. The largest absolute Gasteiger partial charge is 0.481 e. The van der Waals surface area contributed by atoms with E-state index in [-0.39, 0.29) is 5.41 Å². The highest BCUT2D eigenvalue weighted by molar-refractivity contribution is 5.81. The lowest BCUT2D eigenvalue weighted by Crippen LogP contribution is -2.56. The van der Waals surface area contributed by atoms with Crippen LogP contribution in [0.4, 0.5) is 0 Å². The minimum atomic E-state index is -0.665. The monoisotopic (exact) mass is 232 g/mol. The van der Waals surface area contributed by atoms with Crippen molar-refractivity contribution in [3.63, 3.8) is 0 Å². The zero-order valence-electron chi connectivity index (χ0n) is 9.90. The van der Waals surface area contributed by atoms with Gasteiger partial charge in [0.2, 0.25) is 0 Å². The quantitative estimate of drug-likeness (QED) is 0.868. The van der Waals surface area contributed by atoms with Crippen LogP contribution < -0.4 is 0 Å². The molecule has 1 aromatic carbocycles. The predicted octanol–water partition coefficient (Wildman–Crippen LogP) is 2.13. The van der Waals surface area contributed by atoms with Crippen molar-refractivity contribution in [1.82, 2.24) is 0 Å². The summed E-state index contributed by atoms with van der Waals surface area (Å²) in [4.78, 5) is 11.5. The Labute approximate surface area is 100 Å². The number of benzene rings is 1. The van der Waals surface area contributed by atoms with Crippen LogP contribution in [0.15, 0.2) is 24.3 Å². The fourth-order valence-electron chi connectivity index (χ4n) is 2.99. The standard InChI is InChI=1S/C14H16O3/c1-10-3-2-4-11(7-10)14(8-17-9-14)13(5-6-13)12(15)16/h2-4,7H,5-6,8-9H2,1H3,(H,15,16). The summed E-state index contributed by atoms with van der Waals surface area (Å²) in [5, 5.41) is 9.48. The van der Waals surface area contributed by atoms with E-state index in [1.807, 2.05) is 25.1 Å². The first-order valence-corrected chi connectivity index (χ1v) is 5.99. The third-order valence-corrected chi connectivity index (χ3v) is 4.34. The molecule has 0 amide bonds. The molecule has 3 heteroatoms. The second-order valence-corrected chi connectivity index (χ2v) is 5.33. The summed E-state index contributed by atoms with van der Waals surface area (Å²) in [5.74, 6) is -0.665. The SMILES string of the molecule is Cc1cccc(C2(C3(C(=O)O)CC3)COC2)c1. The highest BCUT2D eigenvalue weighted by Crippen LogP contribution is 2.62. The Kier molecular flexibility index (Phi) is 2.11. The minimum Gasteiger partial charge on any atom is -0.481 e. The lowest BCUT2D eigenvalue weighted by atomic mass is 9.66. The van der Waals surface area contributed by atoms with Crippen molar-refractivity contribution in [2.24, 2.45) is 5.41 Å². The highest BCUT2D eigenvalue weighted by Gasteiger charge is 2.68. The third kappa shape index (κ3) is 1.29. The van der Waals surface area contributed by atoms with E-state index in [9.17, 15) is 9.90 Å². The van der Waals surface area contributed by atoms with E-state index in [2.05, 4.69) is 6.07 Å². The van der Waals surface area contributed by atoms with E-state index in [0.29, 0.717) is 13.2 Å². The summed E-state index contributed by atoms with van der Waals surface area (Å²) in [6.07, 6.45) is 1.55. The van der Waals surface area contributed by atoms with Gasteiger partial charge in [0.25, 0.3) is 0 Å². The van der Waals surface area contributed by atoms with Crippen LogP contribution in [0.1, 0.15) is 24.0 Å². The van der Waals surface area contributed by atoms with Gasteiger partial charge in [-0.3, -0.25) is 4.79 Å². The molecule has 0 unspecified atom stereocenters. The van der Waals surface area contributed by atoms with Gasteiger partial charge < -0.3 is 9.84 Å². The maximum Gasteiger partial charge on any atom is 0.310 e. The molecule has 1 aromatic rings. The van der Waals surface area contributed by atoms with Gasteiger partial charge >= 0.3 is 5.97 Å². The molecule has 1 N–H and O–H groups in total. The van der Waals surface area contributed by atoms with Gasteiger partial charge in [-0.2, -0.15) is 0 Å². The van der Waals surface area contributed by atoms with Crippen molar-refractivity contribution in [2.45, 2.75) is 25.2 Å². The molecule has 90 valence electrons. The molecule has 1 saturated heterocycles. The number of rotatable bonds is 3. The number of hydrogen-bond donors (Lipinski definition) is 1. The topological polar surface area (TPSA) is 46.5 Å². The summed E-state index contributed by atoms with van der Waals surface area (Å²) in [5.41, 5.74) is 1.45. The molecular weight excluding hydrogens is 216 g/mol. The second kappa shape index (κ2) is 3.33. The summed E-state index contributed by atoms with van der Waals surface area (Å²) >= 11 is 0. The van der Waals surface area contributed by atoms with Gasteiger partial charge in [-0.15, -0.1) is 0 Å². The van der Waals surface area contributed by atoms with Crippen molar-refractivity contribution in [3.05, 3.63) is 35.4 Å². The molecule has 1 heterocycles. The lowest BCUT2D eigenvalue weighted by molar-refractivity contribution is -0.161. The van der Waals surface area contributed by atoms with E-state index < -0.39 is 11.4 Å². The number of hydrogen-bond acceptors (Lipinski definition) is 2. The summed E-state index contributed by atoms with van der Waals surface area (Å²) < 4.78 is 5.35. The average molecular weight is 232 g/mol. The molecule has 1 saturated carbocycles. The molecule has 1 aliphatic carbocycles. The Balaban J connectivity index is 2.06. The second-order valence-electron chi connectivity index (χ2n) is 5.33. The van der Waals surface area contributed by atoms with Crippen molar-refractivity contribution < 1.29 is 14.6 Å². The molecule has 2 aliphatic rings. The number of aryl methyl sites for hydroxylation is 1. The first-order chi connectivity index (χ1) is 8.11. The maximum absolute atomic E-state index is 11.5. The van der Waals surface area contributed by atoms with Crippen LogP contribution in [0.5, 0.6) is 0 Å². The Morgan fingerprint density at radius 2 is 2.06 bits per heavy atom. The fraction of sp³-hybridized carbons (Fsp3) is 0.500. The molecule has 0 spiro atoms. The van der Waals surface area contributed by atoms with Gasteiger partial charge in [-0.05, 0) is 25.3 Å². The molecular formula is C14H16O3. The van der Waals surface area contributed by atoms with Crippen molar-refractivity contribution in [2.75, 3.05) is 13.2 Å². The van der Waals surface area contributed by atoms with Gasteiger partial charge in [-0.1, -0.05) is 29.8 Å². The predicted molar refractivity (Wildman–Crippen MR) is 63.0 cm³/mol. The molecule has 2 fully saturated rings. The zero-order valence-corrected chi connectivity index (χ0v) is 9.90. The Hall–Kier alpha value is -1.35. The summed E-state index contributed by atoms with van der Waals surface area (Å²) in [7, 11) is 0. The highest BCUT2D eigenvalue weighted by atomic mass is 16.5. The maximum atomic E-state index is 11.5. The Morgan fingerprint density at radius 3 is 2.47 bits per heavy atom. The normalized spacial score (nSPS) is 23.8. The minimum absolute atomic E-state index is 0.287. The fourth-order valence-corrected chi connectivity index (χ4v) is 2.99. The van der Waals surface area contributed by atoms with E-state index in [1.54, 1.807) is 0 Å². The molecule has 17 heavy (non-hydrogen) atoms. The van der Waals surface area contributed by atoms with Crippen LogP contribution >= 0.6 is 0 Å². The zero-order chi connectivity index (χ0) is 12.1. The van der Waals surface area contributed by atoms with Crippen LogP contribution in [0.25, 0.3) is 0 Å². The third-order valence-electron chi connectivity index (χ3n) is 4.34. The first-order valence-electron chi connectivity index (χ1n) is 5.99. The molecule has 3 rings (SSSR count). The Morgan fingerprint density at radius 1 is 1.35 bits per heavy atom. The van der Waals surface area contributed by atoms with Crippen molar-refractivity contribution >= 4 is 5.97 Å². The molecule has 0 aromatic heterocycles. The number of carboxylic acid groups (broad SMARTS) is 1. The van der Waals surface area contributed by atoms with E-state index in [0.717, 1.165) is 18.4 Å². The van der Waals surface area contributed by atoms with Crippen LogP contribution in [0.2, 0.25) is 0 Å². The number of aliphatic carboxylic acids is 1. The molecule has 0 radical (unpaired) electrons. The van der Waals surface area contributed by atoms with E-state index in [1.165, 1.54) is 5.56 Å². The number of carboxylic acids is 1. The molecule has 3 nitrogen and oxygen atoms in total. The van der Waals surface area contributed by atoms with Gasteiger partial charge in [0, 0.05) is 0 Å². The van der Waals surface area contributed by atoms with Crippen LogP contribution in [-0.2, 0) is 14.9 Å². The first kappa shape index (κ1) is 10.8. The van der Waals surface area contributed by atoms with Crippen LogP contribution in [0.3, 0.4) is 0 Å². The summed E-state index contributed by atoms with van der Waals surface area (Å²) in [6.45, 7) is 3.13. The van der Waals surface area contributed by atoms with Crippen molar-refractivity contribution in [3.8, 4) is 0 Å². The van der Waals surface area contributed by atoms with Crippen LogP contribution in [-0.4, -0.2) is 24.3 Å². The van der Waals surface area contributed by atoms with E-state index >= 15 is 0 Å². The number of ether oxygens (including phenoxy) is 1. The van der Waals surface area contributed by atoms with Crippen LogP contribution in [0, 0.1) is 12.3 Å². The molecule has 1 aliphatic heterocycles. The number of carbonyl (C=O) groups is 1. The van der Waals surface area contributed by atoms with Gasteiger partial charge in [0.05, 0.1) is 24.0 Å². The van der Waals surface area contributed by atoms with Gasteiger partial charge in [0.1, 0.15) is 0 Å². The lowest BCUT2D eigenvalue weighted by Gasteiger charge is -2.46. The Bertz CT molecular complexity index is 470.